The molecule has 0 aliphatic carbocycles. The predicted molar refractivity (Wildman–Crippen MR) is 134 cm³/mol. The van der Waals surface area contributed by atoms with Crippen LogP contribution in [0.25, 0.3) is 0 Å². The lowest BCUT2D eigenvalue weighted by Crippen LogP contribution is -2.44. The van der Waals surface area contributed by atoms with Gasteiger partial charge in [-0.1, -0.05) is 36.4 Å². The second-order valence-electron chi connectivity index (χ2n) is 8.37. The second kappa shape index (κ2) is 10.9. The molecule has 7 nitrogen and oxygen atoms in total. The number of imidazole rings is 1. The van der Waals surface area contributed by atoms with Gasteiger partial charge in [-0.2, -0.15) is 0 Å². The molecule has 2 heterocycles. The van der Waals surface area contributed by atoms with E-state index in [9.17, 15) is 0 Å². The van der Waals surface area contributed by atoms with Crippen molar-refractivity contribution in [3.63, 3.8) is 0 Å². The molecule has 3 aromatic rings. The monoisotopic (exact) mass is 446 g/mol. The SMILES string of the molecule is CCNC(=NCc1cccc(Cn2ccnc2C)c1)NC1CCN(c2ccccc2OC)C1. The van der Waals surface area contributed by atoms with Crippen LogP contribution in [0.5, 0.6) is 5.75 Å². The maximum absolute atomic E-state index is 5.55. The van der Waals surface area contributed by atoms with Crippen molar-refractivity contribution in [1.82, 2.24) is 20.2 Å². The van der Waals surface area contributed by atoms with Crippen molar-refractivity contribution < 1.29 is 4.74 Å². The van der Waals surface area contributed by atoms with E-state index in [1.165, 1.54) is 11.1 Å². The zero-order chi connectivity index (χ0) is 23.0. The molecule has 0 spiro atoms. The molecule has 1 fully saturated rings. The number of hydrogen-bond acceptors (Lipinski definition) is 4. The van der Waals surface area contributed by atoms with E-state index in [2.05, 4.69) is 68.4 Å². The lowest BCUT2D eigenvalue weighted by Gasteiger charge is -2.22. The van der Waals surface area contributed by atoms with Crippen molar-refractivity contribution in [2.75, 3.05) is 31.6 Å². The molecule has 0 amide bonds. The third-order valence-corrected chi connectivity index (χ3v) is 5.99. The lowest BCUT2D eigenvalue weighted by atomic mass is 10.1. The Balaban J connectivity index is 1.38. The molecule has 1 aromatic heterocycles. The summed E-state index contributed by atoms with van der Waals surface area (Å²) in [5.41, 5.74) is 3.60. The highest BCUT2D eigenvalue weighted by molar-refractivity contribution is 5.80. The molecule has 2 aromatic carbocycles. The Morgan fingerprint density at radius 2 is 2.03 bits per heavy atom. The first-order chi connectivity index (χ1) is 16.2. The van der Waals surface area contributed by atoms with Crippen molar-refractivity contribution in [3.8, 4) is 5.75 Å². The number of benzene rings is 2. The fourth-order valence-electron chi connectivity index (χ4n) is 4.27. The van der Waals surface area contributed by atoms with Crippen molar-refractivity contribution in [2.24, 2.45) is 4.99 Å². The molecule has 1 unspecified atom stereocenters. The standard InChI is InChI=1S/C26H34N6O/c1-4-27-26(30-23-12-14-32(19-23)24-10-5-6-11-25(24)33-3)29-17-21-8-7-9-22(16-21)18-31-15-13-28-20(31)2/h5-11,13,15-16,23H,4,12,14,17-19H2,1-3H3,(H2,27,29,30). The topological polar surface area (TPSA) is 66.7 Å². The van der Waals surface area contributed by atoms with Crippen molar-refractivity contribution in [3.05, 3.63) is 77.9 Å². The van der Waals surface area contributed by atoms with Gasteiger partial charge in [-0.25, -0.2) is 9.98 Å². The number of para-hydroxylation sites is 2. The molecule has 2 N–H and O–H groups in total. The summed E-state index contributed by atoms with van der Waals surface area (Å²) in [4.78, 5) is 11.6. The summed E-state index contributed by atoms with van der Waals surface area (Å²) in [5, 5.41) is 7.03. The minimum Gasteiger partial charge on any atom is -0.495 e. The summed E-state index contributed by atoms with van der Waals surface area (Å²) in [6.45, 7) is 8.32. The number of methoxy groups -OCH3 is 1. The van der Waals surface area contributed by atoms with E-state index in [1.54, 1.807) is 7.11 Å². The van der Waals surface area contributed by atoms with Crippen molar-refractivity contribution in [2.45, 2.75) is 39.4 Å². The number of aromatic nitrogens is 2. The van der Waals surface area contributed by atoms with Crippen LogP contribution in [0.4, 0.5) is 5.69 Å². The lowest BCUT2D eigenvalue weighted by molar-refractivity contribution is 0.415. The van der Waals surface area contributed by atoms with Gasteiger partial charge >= 0.3 is 0 Å². The largest absolute Gasteiger partial charge is 0.495 e. The van der Waals surface area contributed by atoms with Crippen LogP contribution in [0.2, 0.25) is 0 Å². The first-order valence-corrected chi connectivity index (χ1v) is 11.6. The van der Waals surface area contributed by atoms with E-state index in [4.69, 9.17) is 9.73 Å². The Labute approximate surface area is 196 Å². The molecule has 1 aliphatic heterocycles. The van der Waals surface area contributed by atoms with Gasteiger partial charge in [0.25, 0.3) is 0 Å². The van der Waals surface area contributed by atoms with Crippen LogP contribution >= 0.6 is 0 Å². The van der Waals surface area contributed by atoms with Gasteiger partial charge in [0.1, 0.15) is 11.6 Å². The summed E-state index contributed by atoms with van der Waals surface area (Å²) in [5.74, 6) is 2.81. The van der Waals surface area contributed by atoms with E-state index in [1.807, 2.05) is 31.5 Å². The normalized spacial score (nSPS) is 16.2. The Morgan fingerprint density at radius 3 is 2.82 bits per heavy atom. The summed E-state index contributed by atoms with van der Waals surface area (Å²) in [6, 6.07) is 17.2. The fraction of sp³-hybridized carbons (Fsp3) is 0.385. The Hall–Kier alpha value is -3.48. The third kappa shape index (κ3) is 5.86. The van der Waals surface area contributed by atoms with Gasteiger partial charge in [-0.15, -0.1) is 0 Å². The number of ether oxygens (including phenoxy) is 1. The highest BCUT2D eigenvalue weighted by Gasteiger charge is 2.25. The third-order valence-electron chi connectivity index (χ3n) is 5.99. The average molecular weight is 447 g/mol. The molecule has 1 aliphatic rings. The van der Waals surface area contributed by atoms with E-state index in [0.717, 1.165) is 55.8 Å². The van der Waals surface area contributed by atoms with E-state index >= 15 is 0 Å². The number of aryl methyl sites for hydroxylation is 1. The van der Waals surface area contributed by atoms with Crippen LogP contribution in [-0.2, 0) is 13.1 Å². The van der Waals surface area contributed by atoms with E-state index in [0.29, 0.717) is 12.6 Å². The molecule has 0 bridgehead atoms. The maximum Gasteiger partial charge on any atom is 0.191 e. The Bertz CT molecular complexity index is 1080. The zero-order valence-electron chi connectivity index (χ0n) is 19.8. The van der Waals surface area contributed by atoms with Crippen LogP contribution < -0.4 is 20.3 Å². The second-order valence-corrected chi connectivity index (χ2v) is 8.37. The van der Waals surface area contributed by atoms with Gasteiger partial charge in [0.05, 0.1) is 19.3 Å². The van der Waals surface area contributed by atoms with Gasteiger partial charge in [0.2, 0.25) is 0 Å². The molecule has 1 saturated heterocycles. The highest BCUT2D eigenvalue weighted by atomic mass is 16.5. The van der Waals surface area contributed by atoms with Crippen LogP contribution in [0, 0.1) is 6.92 Å². The first-order valence-electron chi connectivity index (χ1n) is 11.6. The molecular formula is C26H34N6O. The van der Waals surface area contributed by atoms with E-state index < -0.39 is 0 Å². The van der Waals surface area contributed by atoms with Crippen LogP contribution in [0.15, 0.2) is 65.9 Å². The number of anilines is 1. The predicted octanol–water partition coefficient (Wildman–Crippen LogP) is 3.58. The first kappa shape index (κ1) is 22.7. The summed E-state index contributed by atoms with van der Waals surface area (Å²) < 4.78 is 7.70. The van der Waals surface area contributed by atoms with Gasteiger partial charge < -0.3 is 24.8 Å². The minimum absolute atomic E-state index is 0.336. The van der Waals surface area contributed by atoms with Gasteiger partial charge in [-0.3, -0.25) is 0 Å². The van der Waals surface area contributed by atoms with E-state index in [-0.39, 0.29) is 0 Å². The van der Waals surface area contributed by atoms with Crippen molar-refractivity contribution >= 4 is 11.6 Å². The quantitative estimate of drug-likeness (QED) is 0.409. The molecular weight excluding hydrogens is 412 g/mol. The molecule has 1 atom stereocenters. The Kier molecular flexibility index (Phi) is 7.50. The number of nitrogens with zero attached hydrogens (tertiary/aromatic N) is 4. The van der Waals surface area contributed by atoms with Crippen molar-refractivity contribution in [1.29, 1.82) is 0 Å². The summed E-state index contributed by atoms with van der Waals surface area (Å²) in [7, 11) is 1.73. The molecule has 7 heteroatoms. The molecule has 0 radical (unpaired) electrons. The molecule has 4 rings (SSSR count). The zero-order valence-corrected chi connectivity index (χ0v) is 19.8. The van der Waals surface area contributed by atoms with Gasteiger partial charge in [-0.05, 0) is 43.5 Å². The van der Waals surface area contributed by atoms with Crippen LogP contribution in [0.1, 0.15) is 30.3 Å². The minimum atomic E-state index is 0.336. The highest BCUT2D eigenvalue weighted by Crippen LogP contribution is 2.30. The van der Waals surface area contributed by atoms with Gasteiger partial charge in [0.15, 0.2) is 5.96 Å². The molecule has 33 heavy (non-hydrogen) atoms. The number of rotatable bonds is 8. The Morgan fingerprint density at radius 1 is 1.18 bits per heavy atom. The van der Waals surface area contributed by atoms with Gasteiger partial charge in [0, 0.05) is 44.6 Å². The number of aliphatic imine (C=N–C) groups is 1. The molecule has 174 valence electrons. The smallest absolute Gasteiger partial charge is 0.191 e. The fourth-order valence-corrected chi connectivity index (χ4v) is 4.27. The van der Waals surface area contributed by atoms with Crippen LogP contribution in [0.3, 0.4) is 0 Å². The number of hydrogen-bond donors (Lipinski definition) is 2. The number of nitrogens with one attached hydrogen (secondary N) is 2. The average Bonchev–Trinajstić information content (AvgIpc) is 3.47. The van der Waals surface area contributed by atoms with Crippen LogP contribution in [-0.4, -0.2) is 48.3 Å². The summed E-state index contributed by atoms with van der Waals surface area (Å²) >= 11 is 0. The summed E-state index contributed by atoms with van der Waals surface area (Å²) in [6.07, 6.45) is 4.92. The maximum atomic E-state index is 5.55. The molecule has 0 saturated carbocycles. The number of guanidine groups is 1.